The SMILES string of the molecule is Cc1noc(CCC(=O)N(C)c2ccccc2C(=O)O)n1. The first-order valence-corrected chi connectivity index (χ1v) is 6.37. The van der Waals surface area contributed by atoms with E-state index < -0.39 is 5.97 Å². The molecule has 0 aliphatic heterocycles. The maximum absolute atomic E-state index is 12.1. The summed E-state index contributed by atoms with van der Waals surface area (Å²) in [7, 11) is 1.54. The Morgan fingerprint density at radius 1 is 1.33 bits per heavy atom. The number of aromatic carboxylic acids is 1. The molecule has 0 radical (unpaired) electrons. The number of nitrogens with zero attached hydrogens (tertiary/aromatic N) is 3. The van der Waals surface area contributed by atoms with E-state index in [0.717, 1.165) is 0 Å². The largest absolute Gasteiger partial charge is 0.478 e. The number of anilines is 1. The van der Waals surface area contributed by atoms with Crippen molar-refractivity contribution < 1.29 is 19.2 Å². The first-order chi connectivity index (χ1) is 9.99. The average Bonchev–Trinajstić information content (AvgIpc) is 2.89. The fourth-order valence-electron chi connectivity index (χ4n) is 1.90. The Morgan fingerprint density at radius 2 is 2.05 bits per heavy atom. The van der Waals surface area contributed by atoms with Crippen LogP contribution in [0.3, 0.4) is 0 Å². The van der Waals surface area contributed by atoms with Gasteiger partial charge < -0.3 is 14.5 Å². The standard InChI is InChI=1S/C14H15N3O4/c1-9-15-12(21-16-9)7-8-13(18)17(2)11-6-4-3-5-10(11)14(19)20/h3-6H,7-8H2,1-2H3,(H,19,20). The van der Waals surface area contributed by atoms with Gasteiger partial charge in [0.1, 0.15) is 0 Å². The highest BCUT2D eigenvalue weighted by molar-refractivity contribution is 6.01. The van der Waals surface area contributed by atoms with Crippen LogP contribution in [0.2, 0.25) is 0 Å². The van der Waals surface area contributed by atoms with Gasteiger partial charge in [-0.1, -0.05) is 17.3 Å². The van der Waals surface area contributed by atoms with Crippen LogP contribution in [0, 0.1) is 6.92 Å². The molecule has 1 aromatic carbocycles. The lowest BCUT2D eigenvalue weighted by Gasteiger charge is -2.18. The number of carbonyl (C=O) groups excluding carboxylic acids is 1. The number of carbonyl (C=O) groups is 2. The predicted molar refractivity (Wildman–Crippen MR) is 74.2 cm³/mol. The van der Waals surface area contributed by atoms with E-state index in [4.69, 9.17) is 9.63 Å². The van der Waals surface area contributed by atoms with Gasteiger partial charge in [-0.3, -0.25) is 4.79 Å². The van der Waals surface area contributed by atoms with Crippen LogP contribution in [0.5, 0.6) is 0 Å². The summed E-state index contributed by atoms with van der Waals surface area (Å²) in [6, 6.07) is 6.36. The van der Waals surface area contributed by atoms with Gasteiger partial charge >= 0.3 is 5.97 Å². The molecule has 0 spiro atoms. The van der Waals surface area contributed by atoms with Crippen LogP contribution in [-0.4, -0.2) is 34.2 Å². The Bertz CT molecular complexity index is 666. The molecule has 1 amide bonds. The third-order valence-corrected chi connectivity index (χ3v) is 2.99. The lowest BCUT2D eigenvalue weighted by atomic mass is 10.1. The van der Waals surface area contributed by atoms with Crippen molar-refractivity contribution in [3.63, 3.8) is 0 Å². The minimum Gasteiger partial charge on any atom is -0.478 e. The van der Waals surface area contributed by atoms with Crippen LogP contribution in [0.15, 0.2) is 28.8 Å². The molecule has 1 heterocycles. The van der Waals surface area contributed by atoms with Crippen LogP contribution < -0.4 is 4.90 Å². The van der Waals surface area contributed by atoms with E-state index in [2.05, 4.69) is 10.1 Å². The number of aryl methyl sites for hydroxylation is 2. The first-order valence-electron chi connectivity index (χ1n) is 6.37. The summed E-state index contributed by atoms with van der Waals surface area (Å²) in [6.45, 7) is 1.70. The molecule has 0 fully saturated rings. The highest BCUT2D eigenvalue weighted by Gasteiger charge is 2.18. The van der Waals surface area contributed by atoms with Crippen molar-refractivity contribution in [2.75, 3.05) is 11.9 Å². The van der Waals surface area contributed by atoms with E-state index in [0.29, 0.717) is 23.8 Å². The summed E-state index contributed by atoms with van der Waals surface area (Å²) in [4.78, 5) is 28.6. The van der Waals surface area contributed by atoms with Gasteiger partial charge in [0.2, 0.25) is 11.8 Å². The van der Waals surface area contributed by atoms with Crippen LogP contribution >= 0.6 is 0 Å². The molecule has 0 saturated heterocycles. The van der Waals surface area contributed by atoms with Crippen molar-refractivity contribution in [3.8, 4) is 0 Å². The summed E-state index contributed by atoms with van der Waals surface area (Å²) in [5, 5.41) is 12.8. The zero-order chi connectivity index (χ0) is 15.4. The molecule has 2 rings (SSSR count). The number of para-hydroxylation sites is 1. The summed E-state index contributed by atoms with van der Waals surface area (Å²) < 4.78 is 4.94. The topological polar surface area (TPSA) is 96.5 Å². The molecule has 0 saturated carbocycles. The second-order valence-electron chi connectivity index (χ2n) is 4.51. The van der Waals surface area contributed by atoms with Crippen LogP contribution in [0.4, 0.5) is 5.69 Å². The second kappa shape index (κ2) is 6.17. The zero-order valence-corrected chi connectivity index (χ0v) is 11.7. The van der Waals surface area contributed by atoms with E-state index in [-0.39, 0.29) is 17.9 Å². The Labute approximate surface area is 121 Å². The van der Waals surface area contributed by atoms with Crippen molar-refractivity contribution in [3.05, 3.63) is 41.5 Å². The Morgan fingerprint density at radius 3 is 2.67 bits per heavy atom. The fourth-order valence-corrected chi connectivity index (χ4v) is 1.90. The molecule has 110 valence electrons. The van der Waals surface area contributed by atoms with Gasteiger partial charge in [0.25, 0.3) is 0 Å². The van der Waals surface area contributed by atoms with Gasteiger partial charge in [0.05, 0.1) is 11.3 Å². The number of carboxylic acid groups (broad SMARTS) is 1. The molecule has 2 aromatic rings. The zero-order valence-electron chi connectivity index (χ0n) is 11.7. The minimum absolute atomic E-state index is 0.0852. The van der Waals surface area contributed by atoms with Crippen molar-refractivity contribution in [1.29, 1.82) is 0 Å². The van der Waals surface area contributed by atoms with Gasteiger partial charge in [-0.15, -0.1) is 0 Å². The summed E-state index contributed by atoms with van der Waals surface area (Å²) in [6.07, 6.45) is 0.478. The Balaban J connectivity index is 2.07. The average molecular weight is 289 g/mol. The first kappa shape index (κ1) is 14.7. The number of benzene rings is 1. The monoisotopic (exact) mass is 289 g/mol. The third kappa shape index (κ3) is 3.44. The van der Waals surface area contributed by atoms with Crippen LogP contribution in [-0.2, 0) is 11.2 Å². The van der Waals surface area contributed by atoms with Crippen LogP contribution in [0.1, 0.15) is 28.5 Å². The van der Waals surface area contributed by atoms with E-state index in [1.165, 1.54) is 11.0 Å². The highest BCUT2D eigenvalue weighted by atomic mass is 16.5. The van der Waals surface area contributed by atoms with E-state index in [1.54, 1.807) is 32.2 Å². The van der Waals surface area contributed by atoms with Gasteiger partial charge in [0, 0.05) is 19.9 Å². The van der Waals surface area contributed by atoms with Crippen molar-refractivity contribution in [2.45, 2.75) is 19.8 Å². The quantitative estimate of drug-likeness (QED) is 0.899. The van der Waals surface area contributed by atoms with E-state index >= 15 is 0 Å². The summed E-state index contributed by atoms with van der Waals surface area (Å²) in [5.41, 5.74) is 0.443. The summed E-state index contributed by atoms with van der Waals surface area (Å²) in [5.74, 6) is -0.389. The number of hydrogen-bond acceptors (Lipinski definition) is 5. The number of amides is 1. The van der Waals surface area contributed by atoms with Crippen molar-refractivity contribution in [1.82, 2.24) is 10.1 Å². The predicted octanol–water partition coefficient (Wildman–Crippen LogP) is 1.67. The van der Waals surface area contributed by atoms with Crippen molar-refractivity contribution >= 4 is 17.6 Å². The van der Waals surface area contributed by atoms with E-state index in [9.17, 15) is 9.59 Å². The molecule has 7 nitrogen and oxygen atoms in total. The van der Waals surface area contributed by atoms with Gasteiger partial charge in [-0.25, -0.2) is 4.79 Å². The molecule has 7 heteroatoms. The number of hydrogen-bond donors (Lipinski definition) is 1. The Hall–Kier alpha value is -2.70. The summed E-state index contributed by atoms with van der Waals surface area (Å²) >= 11 is 0. The number of carboxylic acids is 1. The smallest absolute Gasteiger partial charge is 0.337 e. The molecule has 0 aliphatic carbocycles. The minimum atomic E-state index is -1.07. The molecule has 21 heavy (non-hydrogen) atoms. The number of aromatic nitrogens is 2. The van der Waals surface area contributed by atoms with Gasteiger partial charge in [-0.05, 0) is 19.1 Å². The maximum atomic E-state index is 12.1. The maximum Gasteiger partial charge on any atom is 0.337 e. The molecule has 0 unspecified atom stereocenters. The Kier molecular flexibility index (Phi) is 4.32. The number of rotatable bonds is 5. The molecule has 0 aliphatic rings. The van der Waals surface area contributed by atoms with Gasteiger partial charge in [0.15, 0.2) is 5.82 Å². The lowest BCUT2D eigenvalue weighted by molar-refractivity contribution is -0.118. The lowest BCUT2D eigenvalue weighted by Crippen LogP contribution is -2.28. The molecule has 0 atom stereocenters. The normalized spacial score (nSPS) is 10.4. The highest BCUT2D eigenvalue weighted by Crippen LogP contribution is 2.20. The fraction of sp³-hybridized carbons (Fsp3) is 0.286. The molecule has 1 aromatic heterocycles. The van der Waals surface area contributed by atoms with Gasteiger partial charge in [-0.2, -0.15) is 4.98 Å². The molecular formula is C14H15N3O4. The second-order valence-corrected chi connectivity index (χ2v) is 4.51. The molecule has 1 N–H and O–H groups in total. The molecule has 0 bridgehead atoms. The van der Waals surface area contributed by atoms with Crippen LogP contribution in [0.25, 0.3) is 0 Å². The third-order valence-electron chi connectivity index (χ3n) is 2.99. The molecular weight excluding hydrogens is 274 g/mol. The van der Waals surface area contributed by atoms with Crippen molar-refractivity contribution in [2.24, 2.45) is 0 Å². The van der Waals surface area contributed by atoms with E-state index in [1.807, 2.05) is 0 Å².